The molecule has 0 aliphatic rings. The number of nitrogens with one attached hydrogen (secondary N) is 1. The van der Waals surface area contributed by atoms with Gasteiger partial charge in [0.05, 0.1) is 23.4 Å². The maximum absolute atomic E-state index is 12.7. The molecule has 0 radical (unpaired) electrons. The number of rotatable bonds is 17. The standard InChI is InChI=1S/C29H40N2O3S/c1-3-5-7-8-9-10-11-13-21-34-25-18-19-26-27(22-25)35-29(30-26)31-28(32)23-14-16-24(17-15-23)33-20-12-6-4-2/h14-19,22H,3-13,20-21H2,1-2H3,(H,30,31,32). The number of benzene rings is 2. The monoisotopic (exact) mass is 496 g/mol. The Bertz CT molecular complexity index is 1020. The lowest BCUT2D eigenvalue weighted by Crippen LogP contribution is -2.11. The van der Waals surface area contributed by atoms with Crippen LogP contribution in [0.3, 0.4) is 0 Å². The number of hydrogen-bond donors (Lipinski definition) is 1. The Balaban J connectivity index is 1.42. The van der Waals surface area contributed by atoms with E-state index in [1.165, 1.54) is 62.7 Å². The summed E-state index contributed by atoms with van der Waals surface area (Å²) in [4.78, 5) is 17.2. The lowest BCUT2D eigenvalue weighted by Gasteiger charge is -2.06. The summed E-state index contributed by atoms with van der Waals surface area (Å²) in [5.41, 5.74) is 1.44. The molecule has 0 fully saturated rings. The van der Waals surface area contributed by atoms with E-state index in [1.54, 1.807) is 12.1 Å². The van der Waals surface area contributed by atoms with Gasteiger partial charge in [0.1, 0.15) is 11.5 Å². The van der Waals surface area contributed by atoms with Gasteiger partial charge in [0, 0.05) is 5.56 Å². The molecule has 190 valence electrons. The highest BCUT2D eigenvalue weighted by Gasteiger charge is 2.11. The number of nitrogens with zero attached hydrogens (tertiary/aromatic N) is 1. The molecular formula is C29H40N2O3S. The number of carbonyl (C=O) groups is 1. The van der Waals surface area contributed by atoms with Gasteiger partial charge in [0.15, 0.2) is 5.13 Å². The van der Waals surface area contributed by atoms with Crippen LogP contribution in [0.2, 0.25) is 0 Å². The van der Waals surface area contributed by atoms with Gasteiger partial charge in [-0.1, -0.05) is 83.0 Å². The van der Waals surface area contributed by atoms with Gasteiger partial charge in [0.25, 0.3) is 5.91 Å². The topological polar surface area (TPSA) is 60.5 Å². The molecular weight excluding hydrogens is 456 g/mol. The molecule has 1 amide bonds. The van der Waals surface area contributed by atoms with Crippen molar-refractivity contribution in [2.45, 2.75) is 84.5 Å². The van der Waals surface area contributed by atoms with E-state index in [9.17, 15) is 4.79 Å². The number of amides is 1. The van der Waals surface area contributed by atoms with E-state index in [-0.39, 0.29) is 5.91 Å². The molecule has 3 aromatic rings. The van der Waals surface area contributed by atoms with Gasteiger partial charge in [-0.05, 0) is 55.3 Å². The van der Waals surface area contributed by atoms with Crippen molar-refractivity contribution in [1.29, 1.82) is 0 Å². The average Bonchev–Trinajstić information content (AvgIpc) is 3.27. The van der Waals surface area contributed by atoms with Crippen LogP contribution in [0.5, 0.6) is 11.5 Å². The van der Waals surface area contributed by atoms with Gasteiger partial charge in [-0.25, -0.2) is 4.98 Å². The molecule has 0 saturated heterocycles. The van der Waals surface area contributed by atoms with Crippen LogP contribution in [0.25, 0.3) is 10.2 Å². The lowest BCUT2D eigenvalue weighted by atomic mass is 10.1. The van der Waals surface area contributed by atoms with Crippen molar-refractivity contribution >= 4 is 32.6 Å². The zero-order valence-corrected chi connectivity index (χ0v) is 22.1. The second kappa shape index (κ2) is 15.4. The van der Waals surface area contributed by atoms with E-state index in [0.717, 1.165) is 47.6 Å². The van der Waals surface area contributed by atoms with Crippen molar-refractivity contribution in [3.05, 3.63) is 48.0 Å². The fourth-order valence-corrected chi connectivity index (χ4v) is 4.78. The number of unbranched alkanes of at least 4 members (excludes halogenated alkanes) is 9. The van der Waals surface area contributed by atoms with E-state index in [0.29, 0.717) is 17.3 Å². The third-order valence-electron chi connectivity index (χ3n) is 5.98. The molecule has 0 spiro atoms. The molecule has 0 bridgehead atoms. The van der Waals surface area contributed by atoms with Crippen LogP contribution in [-0.2, 0) is 0 Å². The van der Waals surface area contributed by atoms with E-state index in [4.69, 9.17) is 9.47 Å². The zero-order chi connectivity index (χ0) is 24.7. The number of ether oxygens (including phenoxy) is 2. The molecule has 1 heterocycles. The predicted octanol–water partition coefficient (Wildman–Crippen LogP) is 8.64. The van der Waals surface area contributed by atoms with Crippen LogP contribution in [0.1, 0.15) is 94.8 Å². The average molecular weight is 497 g/mol. The fraction of sp³-hybridized carbons (Fsp3) is 0.517. The molecule has 1 N–H and O–H groups in total. The van der Waals surface area contributed by atoms with Crippen molar-refractivity contribution in [3.63, 3.8) is 0 Å². The van der Waals surface area contributed by atoms with Gasteiger partial charge in [-0.3, -0.25) is 10.1 Å². The van der Waals surface area contributed by atoms with Crippen molar-refractivity contribution in [3.8, 4) is 11.5 Å². The molecule has 6 heteroatoms. The largest absolute Gasteiger partial charge is 0.494 e. The van der Waals surface area contributed by atoms with E-state index in [1.807, 2.05) is 30.3 Å². The Morgan fingerprint density at radius 1 is 0.771 bits per heavy atom. The lowest BCUT2D eigenvalue weighted by molar-refractivity contribution is 0.102. The highest BCUT2D eigenvalue weighted by Crippen LogP contribution is 2.30. The highest BCUT2D eigenvalue weighted by atomic mass is 32.1. The summed E-state index contributed by atoms with van der Waals surface area (Å²) in [6.45, 7) is 5.87. The molecule has 0 aliphatic carbocycles. The zero-order valence-electron chi connectivity index (χ0n) is 21.3. The van der Waals surface area contributed by atoms with Gasteiger partial charge < -0.3 is 9.47 Å². The molecule has 0 saturated carbocycles. The Hall–Kier alpha value is -2.60. The second-order valence-corrected chi connectivity index (χ2v) is 10.0. The Morgan fingerprint density at radius 3 is 2.06 bits per heavy atom. The van der Waals surface area contributed by atoms with Crippen molar-refractivity contribution in [1.82, 2.24) is 4.98 Å². The van der Waals surface area contributed by atoms with Gasteiger partial charge >= 0.3 is 0 Å². The number of anilines is 1. The number of carbonyl (C=O) groups excluding carboxylic acids is 1. The SMILES string of the molecule is CCCCCCCCCCOc1ccc2nc(NC(=O)c3ccc(OCCCCC)cc3)sc2c1. The minimum Gasteiger partial charge on any atom is -0.494 e. The molecule has 2 aromatic carbocycles. The minimum absolute atomic E-state index is 0.173. The van der Waals surface area contributed by atoms with Crippen LogP contribution in [-0.4, -0.2) is 24.1 Å². The van der Waals surface area contributed by atoms with Gasteiger partial charge in [-0.2, -0.15) is 0 Å². The summed E-state index contributed by atoms with van der Waals surface area (Å²) in [6, 6.07) is 13.2. The van der Waals surface area contributed by atoms with Crippen LogP contribution in [0.4, 0.5) is 5.13 Å². The van der Waals surface area contributed by atoms with Crippen molar-refractivity contribution in [2.24, 2.45) is 0 Å². The van der Waals surface area contributed by atoms with E-state index >= 15 is 0 Å². The molecule has 0 unspecified atom stereocenters. The molecule has 5 nitrogen and oxygen atoms in total. The van der Waals surface area contributed by atoms with E-state index < -0.39 is 0 Å². The first-order chi connectivity index (χ1) is 17.2. The number of aromatic nitrogens is 1. The first kappa shape index (κ1) is 27.0. The van der Waals surface area contributed by atoms with Gasteiger partial charge in [0.2, 0.25) is 0 Å². The van der Waals surface area contributed by atoms with Crippen molar-refractivity contribution in [2.75, 3.05) is 18.5 Å². The minimum atomic E-state index is -0.173. The Kier molecular flexibility index (Phi) is 11.9. The first-order valence-electron chi connectivity index (χ1n) is 13.3. The number of hydrogen-bond acceptors (Lipinski definition) is 5. The summed E-state index contributed by atoms with van der Waals surface area (Å²) in [5, 5.41) is 3.51. The summed E-state index contributed by atoms with van der Waals surface area (Å²) >= 11 is 1.46. The highest BCUT2D eigenvalue weighted by molar-refractivity contribution is 7.22. The summed E-state index contributed by atoms with van der Waals surface area (Å²) in [7, 11) is 0. The second-order valence-electron chi connectivity index (χ2n) is 9.01. The normalized spacial score (nSPS) is 11.0. The van der Waals surface area contributed by atoms with Crippen molar-refractivity contribution < 1.29 is 14.3 Å². The quantitative estimate of drug-likeness (QED) is 0.190. The number of thiazole rings is 1. The Labute approximate surface area is 214 Å². The van der Waals surface area contributed by atoms with Crippen LogP contribution < -0.4 is 14.8 Å². The third kappa shape index (κ3) is 9.52. The van der Waals surface area contributed by atoms with Crippen LogP contribution >= 0.6 is 11.3 Å². The molecule has 35 heavy (non-hydrogen) atoms. The van der Waals surface area contributed by atoms with Crippen LogP contribution in [0, 0.1) is 0 Å². The van der Waals surface area contributed by atoms with E-state index in [2.05, 4.69) is 24.1 Å². The maximum Gasteiger partial charge on any atom is 0.257 e. The van der Waals surface area contributed by atoms with Gasteiger partial charge in [-0.15, -0.1) is 0 Å². The molecule has 1 aromatic heterocycles. The maximum atomic E-state index is 12.7. The predicted molar refractivity (Wildman–Crippen MR) is 147 cm³/mol. The summed E-state index contributed by atoms with van der Waals surface area (Å²) < 4.78 is 12.7. The van der Waals surface area contributed by atoms with Crippen LogP contribution in [0.15, 0.2) is 42.5 Å². The molecule has 0 aliphatic heterocycles. The Morgan fingerprint density at radius 2 is 1.34 bits per heavy atom. The number of fused-ring (bicyclic) bond motifs is 1. The molecule has 3 rings (SSSR count). The summed E-state index contributed by atoms with van der Waals surface area (Å²) in [5.74, 6) is 1.47. The third-order valence-corrected chi connectivity index (χ3v) is 6.91. The first-order valence-corrected chi connectivity index (χ1v) is 14.1. The molecule has 0 atom stereocenters. The summed E-state index contributed by atoms with van der Waals surface area (Å²) in [6.07, 6.45) is 13.7. The fourth-order valence-electron chi connectivity index (χ4n) is 3.89. The smallest absolute Gasteiger partial charge is 0.257 e.